The minimum absolute atomic E-state index is 0. The van der Waals surface area contributed by atoms with Gasteiger partial charge in [-0.2, -0.15) is 0 Å². The molecule has 1 aliphatic carbocycles. The summed E-state index contributed by atoms with van der Waals surface area (Å²) in [7, 11) is -4.76. The molecule has 0 aromatic heterocycles. The Hall–Kier alpha value is 0.0152. The standard InChI is InChI=1S/C10H6O5S.Rb/c11-8-5-9(16(13,14)15)6-3-1-2-4-7(6)10(8)12;/h1-5H,(H,13,14,15);/q;+1/p-1. The van der Waals surface area contributed by atoms with Crippen LogP contribution in [-0.2, 0) is 14.9 Å². The molecule has 17 heavy (non-hydrogen) atoms. The summed E-state index contributed by atoms with van der Waals surface area (Å²) in [5, 5.41) is 0. The second-order valence-corrected chi connectivity index (χ2v) is 4.55. The first kappa shape index (κ1) is 15.1. The molecule has 0 fully saturated rings. The zero-order chi connectivity index (χ0) is 11.9. The van der Waals surface area contributed by atoms with Gasteiger partial charge < -0.3 is 4.55 Å². The van der Waals surface area contributed by atoms with Crippen molar-refractivity contribution in [3.63, 3.8) is 0 Å². The molecule has 0 saturated carbocycles. The molecule has 0 bridgehead atoms. The molecular weight excluding hydrogens is 318 g/mol. The molecule has 0 aliphatic heterocycles. The van der Waals surface area contributed by atoms with Gasteiger partial charge >= 0.3 is 58.2 Å². The molecule has 7 heteroatoms. The maximum atomic E-state index is 11.4. The fraction of sp³-hybridized carbons (Fsp3) is 0. The van der Waals surface area contributed by atoms with E-state index in [1.165, 1.54) is 24.3 Å². The number of hydrogen-bond donors (Lipinski definition) is 0. The van der Waals surface area contributed by atoms with Gasteiger partial charge in [-0.15, -0.1) is 0 Å². The predicted molar refractivity (Wildman–Crippen MR) is 53.5 cm³/mol. The van der Waals surface area contributed by atoms with E-state index in [1.807, 2.05) is 0 Å². The van der Waals surface area contributed by atoms with Gasteiger partial charge in [0.2, 0.25) is 11.6 Å². The van der Waals surface area contributed by atoms with Gasteiger partial charge in [-0.3, -0.25) is 9.59 Å². The van der Waals surface area contributed by atoms with Gasteiger partial charge in [-0.25, -0.2) is 8.42 Å². The van der Waals surface area contributed by atoms with Crippen LogP contribution in [0.5, 0.6) is 0 Å². The third kappa shape index (κ3) is 2.89. The van der Waals surface area contributed by atoms with Gasteiger partial charge in [0, 0.05) is 17.2 Å². The van der Waals surface area contributed by atoms with Crippen LogP contribution in [-0.4, -0.2) is 24.5 Å². The van der Waals surface area contributed by atoms with Gasteiger partial charge in [-0.05, 0) is 0 Å². The quantitative estimate of drug-likeness (QED) is 0.416. The molecule has 2 rings (SSSR count). The summed E-state index contributed by atoms with van der Waals surface area (Å²) < 4.78 is 32.7. The van der Waals surface area contributed by atoms with Crippen LogP contribution in [0.4, 0.5) is 0 Å². The van der Waals surface area contributed by atoms with Crippen LogP contribution in [0.3, 0.4) is 0 Å². The van der Waals surface area contributed by atoms with Gasteiger partial charge in [0.15, 0.2) is 0 Å². The topological polar surface area (TPSA) is 91.3 Å². The number of ketones is 2. The predicted octanol–water partition coefficient (Wildman–Crippen LogP) is -2.66. The normalized spacial score (nSPS) is 14.8. The fourth-order valence-corrected chi connectivity index (χ4v) is 2.20. The minimum Gasteiger partial charge on any atom is -0.744 e. The van der Waals surface area contributed by atoms with Crippen molar-refractivity contribution in [1.82, 2.24) is 0 Å². The summed E-state index contributed by atoms with van der Waals surface area (Å²) in [4.78, 5) is 21.9. The number of allylic oxidation sites excluding steroid dienone is 1. The van der Waals surface area contributed by atoms with Crippen LogP contribution < -0.4 is 58.2 Å². The average molecular weight is 323 g/mol. The summed E-state index contributed by atoms with van der Waals surface area (Å²) in [6.07, 6.45) is 0.576. The van der Waals surface area contributed by atoms with Crippen LogP contribution in [0.1, 0.15) is 15.9 Å². The van der Waals surface area contributed by atoms with E-state index in [-0.39, 0.29) is 69.3 Å². The Kier molecular flexibility index (Phi) is 4.73. The third-order valence-electron chi connectivity index (χ3n) is 2.19. The molecule has 1 aromatic rings. The molecule has 0 saturated heterocycles. The Labute approximate surface area is 146 Å². The van der Waals surface area contributed by atoms with Crippen LogP contribution >= 0.6 is 0 Å². The molecule has 0 N–H and O–H groups in total. The monoisotopic (exact) mass is 322 g/mol. The second-order valence-electron chi connectivity index (χ2n) is 3.20. The van der Waals surface area contributed by atoms with Gasteiger partial charge in [0.05, 0.1) is 4.91 Å². The largest absolute Gasteiger partial charge is 1.00 e. The number of carbonyl (C=O) groups is 2. The van der Waals surface area contributed by atoms with Crippen molar-refractivity contribution in [3.8, 4) is 0 Å². The maximum absolute atomic E-state index is 11.4. The Balaban J connectivity index is 0.00000144. The van der Waals surface area contributed by atoms with Crippen LogP contribution in [0, 0.1) is 0 Å². The molecule has 1 aliphatic rings. The Morgan fingerprint density at radius 3 is 2.06 bits per heavy atom. The summed E-state index contributed by atoms with van der Waals surface area (Å²) in [5.74, 6) is -1.80. The first-order chi connectivity index (χ1) is 7.41. The van der Waals surface area contributed by atoms with Crippen molar-refractivity contribution in [2.24, 2.45) is 0 Å². The molecule has 0 radical (unpaired) electrons. The van der Waals surface area contributed by atoms with Gasteiger partial charge in [-0.1, -0.05) is 24.3 Å². The minimum atomic E-state index is -4.76. The average Bonchev–Trinajstić information content (AvgIpc) is 2.22. The van der Waals surface area contributed by atoms with E-state index in [4.69, 9.17) is 0 Å². The molecule has 0 spiro atoms. The first-order valence-corrected chi connectivity index (χ1v) is 5.68. The van der Waals surface area contributed by atoms with Gasteiger partial charge in [0.1, 0.15) is 10.1 Å². The number of hydrogen-bond acceptors (Lipinski definition) is 5. The Morgan fingerprint density at radius 1 is 1.00 bits per heavy atom. The molecule has 0 atom stereocenters. The van der Waals surface area contributed by atoms with E-state index < -0.39 is 26.6 Å². The third-order valence-corrected chi connectivity index (χ3v) is 3.07. The van der Waals surface area contributed by atoms with E-state index in [2.05, 4.69) is 0 Å². The Morgan fingerprint density at radius 2 is 1.53 bits per heavy atom. The van der Waals surface area contributed by atoms with Crippen LogP contribution in [0.2, 0.25) is 0 Å². The van der Waals surface area contributed by atoms with Crippen LogP contribution in [0.15, 0.2) is 30.3 Å². The summed E-state index contributed by atoms with van der Waals surface area (Å²) in [6.45, 7) is 0. The summed E-state index contributed by atoms with van der Waals surface area (Å²) in [6, 6.07) is 5.61. The number of benzene rings is 1. The molecular formula is C10H5O5RbS. The summed E-state index contributed by atoms with van der Waals surface area (Å²) in [5.41, 5.74) is -0.0634. The number of carbonyl (C=O) groups excluding carboxylic acids is 2. The number of Topliss-reactive ketones (excluding diaryl/α,β-unsaturated/α-hetero) is 1. The second kappa shape index (κ2) is 5.34. The molecule has 82 valence electrons. The smallest absolute Gasteiger partial charge is 0.744 e. The fourth-order valence-electron chi connectivity index (χ4n) is 1.50. The van der Waals surface area contributed by atoms with E-state index in [0.717, 1.165) is 0 Å². The van der Waals surface area contributed by atoms with Crippen molar-refractivity contribution < 1.29 is 80.7 Å². The maximum Gasteiger partial charge on any atom is 1.00 e. The number of fused-ring (bicyclic) bond motifs is 1. The molecule has 0 heterocycles. The van der Waals surface area contributed by atoms with Crippen molar-refractivity contribution in [3.05, 3.63) is 41.5 Å². The van der Waals surface area contributed by atoms with Crippen LogP contribution in [0.25, 0.3) is 4.91 Å². The SMILES string of the molecule is O=C1C=C(S(=O)(=O)[O-])c2ccccc2C1=O.[Rb+]. The Bertz CT molecular complexity index is 630. The van der Waals surface area contributed by atoms with Crippen molar-refractivity contribution in [2.45, 2.75) is 0 Å². The molecule has 5 nitrogen and oxygen atoms in total. The van der Waals surface area contributed by atoms with E-state index >= 15 is 0 Å². The molecule has 1 aromatic carbocycles. The number of rotatable bonds is 1. The van der Waals surface area contributed by atoms with Crippen molar-refractivity contribution in [1.29, 1.82) is 0 Å². The molecule has 0 amide bonds. The molecule has 0 unspecified atom stereocenters. The summed E-state index contributed by atoms with van der Waals surface area (Å²) >= 11 is 0. The van der Waals surface area contributed by atoms with Crippen molar-refractivity contribution in [2.75, 3.05) is 0 Å². The zero-order valence-corrected chi connectivity index (χ0v) is 14.6. The first-order valence-electron chi connectivity index (χ1n) is 4.27. The van der Waals surface area contributed by atoms with E-state index in [9.17, 15) is 22.6 Å². The van der Waals surface area contributed by atoms with Crippen molar-refractivity contribution >= 4 is 26.6 Å². The van der Waals surface area contributed by atoms with E-state index in [1.54, 1.807) is 0 Å². The zero-order valence-electron chi connectivity index (χ0n) is 8.84. The van der Waals surface area contributed by atoms with E-state index in [0.29, 0.717) is 6.08 Å². The van der Waals surface area contributed by atoms with Gasteiger partial charge in [0.25, 0.3) is 0 Å².